The Labute approximate surface area is 168 Å². The van der Waals surface area contributed by atoms with Gasteiger partial charge >= 0.3 is 0 Å². The number of benzene rings is 2. The average Bonchev–Trinajstić information content (AvgIpc) is 2.58. The number of nitrogens with zero attached hydrogens (tertiary/aromatic N) is 2. The quantitative estimate of drug-likeness (QED) is 0.187. The minimum absolute atomic E-state index is 0. The molecule has 140 valence electrons. The molecule has 0 aromatic heterocycles. The second-order valence-electron chi connectivity index (χ2n) is 5.44. The SMILES string of the molecule is Cc1cccc(NC(N)=NCC(O)COc2ccc([N+](=O)[O-])cc2)c1.I. The number of guanidine groups is 1. The Morgan fingerprint density at radius 1 is 1.35 bits per heavy atom. The molecule has 0 aliphatic rings. The number of ether oxygens (including phenoxy) is 1. The second-order valence-corrected chi connectivity index (χ2v) is 5.44. The lowest BCUT2D eigenvalue weighted by atomic mass is 10.2. The van der Waals surface area contributed by atoms with E-state index in [0.29, 0.717) is 5.75 Å². The van der Waals surface area contributed by atoms with Crippen molar-refractivity contribution in [3.63, 3.8) is 0 Å². The van der Waals surface area contributed by atoms with Crippen molar-refractivity contribution in [1.82, 2.24) is 0 Å². The Balaban J connectivity index is 0.00000338. The van der Waals surface area contributed by atoms with Crippen LogP contribution in [0.15, 0.2) is 53.5 Å². The highest BCUT2D eigenvalue weighted by Gasteiger charge is 2.07. The summed E-state index contributed by atoms with van der Waals surface area (Å²) < 4.78 is 5.37. The minimum Gasteiger partial charge on any atom is -0.491 e. The molecular weight excluding hydrogens is 451 g/mol. The van der Waals surface area contributed by atoms with Crippen LogP contribution >= 0.6 is 24.0 Å². The van der Waals surface area contributed by atoms with Crippen LogP contribution in [0.25, 0.3) is 0 Å². The summed E-state index contributed by atoms with van der Waals surface area (Å²) >= 11 is 0. The van der Waals surface area contributed by atoms with E-state index in [1.54, 1.807) is 0 Å². The molecule has 0 fully saturated rings. The van der Waals surface area contributed by atoms with Crippen LogP contribution in [-0.4, -0.2) is 35.2 Å². The normalized spacial score (nSPS) is 12.0. The standard InChI is InChI=1S/C17H20N4O4.HI/c1-12-3-2-4-13(9-12)20-17(18)19-10-15(22)11-25-16-7-5-14(6-8-16)21(23)24;/h2-9,15,22H,10-11H2,1H3,(H3,18,19,20);1H. The van der Waals surface area contributed by atoms with Crippen molar-refractivity contribution in [3.8, 4) is 5.75 Å². The smallest absolute Gasteiger partial charge is 0.269 e. The molecule has 9 heteroatoms. The molecule has 0 heterocycles. The maximum Gasteiger partial charge on any atom is 0.269 e. The van der Waals surface area contributed by atoms with Gasteiger partial charge in [-0.2, -0.15) is 0 Å². The zero-order valence-electron chi connectivity index (χ0n) is 14.2. The number of non-ortho nitro benzene ring substituents is 1. The van der Waals surface area contributed by atoms with E-state index in [2.05, 4.69) is 10.3 Å². The maximum atomic E-state index is 10.6. The van der Waals surface area contributed by atoms with Crippen LogP contribution in [0, 0.1) is 17.0 Å². The first-order valence-electron chi connectivity index (χ1n) is 7.63. The molecule has 2 rings (SSSR count). The van der Waals surface area contributed by atoms with Gasteiger partial charge in [-0.3, -0.25) is 15.1 Å². The van der Waals surface area contributed by atoms with E-state index in [1.165, 1.54) is 24.3 Å². The number of aryl methyl sites for hydroxylation is 1. The van der Waals surface area contributed by atoms with Crippen LogP contribution < -0.4 is 15.8 Å². The first-order valence-corrected chi connectivity index (χ1v) is 7.63. The molecule has 0 spiro atoms. The summed E-state index contributed by atoms with van der Waals surface area (Å²) in [5.74, 6) is 0.625. The molecule has 4 N–H and O–H groups in total. The van der Waals surface area contributed by atoms with Gasteiger partial charge in [-0.1, -0.05) is 12.1 Å². The first-order chi connectivity index (χ1) is 11.9. The van der Waals surface area contributed by atoms with Gasteiger partial charge < -0.3 is 20.9 Å². The van der Waals surface area contributed by atoms with Gasteiger partial charge in [-0.25, -0.2) is 0 Å². The zero-order chi connectivity index (χ0) is 18.2. The fourth-order valence-corrected chi connectivity index (χ4v) is 2.02. The maximum absolute atomic E-state index is 10.6. The number of anilines is 1. The summed E-state index contributed by atoms with van der Waals surface area (Å²) in [6.07, 6.45) is -0.854. The first kappa shape index (κ1) is 21.6. The van der Waals surface area contributed by atoms with Crippen molar-refractivity contribution in [2.24, 2.45) is 10.7 Å². The number of halogens is 1. The van der Waals surface area contributed by atoms with Crippen molar-refractivity contribution < 1.29 is 14.8 Å². The van der Waals surface area contributed by atoms with Gasteiger partial charge in [-0.05, 0) is 36.8 Å². The highest BCUT2D eigenvalue weighted by molar-refractivity contribution is 14.0. The largest absolute Gasteiger partial charge is 0.491 e. The van der Waals surface area contributed by atoms with Gasteiger partial charge in [0.1, 0.15) is 18.5 Å². The van der Waals surface area contributed by atoms with Gasteiger partial charge in [-0.15, -0.1) is 24.0 Å². The molecule has 0 saturated heterocycles. The predicted molar refractivity (Wildman–Crippen MR) is 111 cm³/mol. The van der Waals surface area contributed by atoms with Gasteiger partial charge in [0.25, 0.3) is 5.69 Å². The average molecular weight is 472 g/mol. The van der Waals surface area contributed by atoms with Crippen molar-refractivity contribution in [1.29, 1.82) is 0 Å². The van der Waals surface area contributed by atoms with Crippen LogP contribution in [-0.2, 0) is 0 Å². The number of nitrogens with one attached hydrogen (secondary N) is 1. The molecule has 0 radical (unpaired) electrons. The van der Waals surface area contributed by atoms with Crippen LogP contribution in [0.1, 0.15) is 5.56 Å². The molecule has 26 heavy (non-hydrogen) atoms. The predicted octanol–water partition coefficient (Wildman–Crippen LogP) is 2.69. The topological polar surface area (TPSA) is 123 Å². The van der Waals surface area contributed by atoms with Crippen molar-refractivity contribution in [2.45, 2.75) is 13.0 Å². The minimum atomic E-state index is -0.854. The molecule has 1 unspecified atom stereocenters. The molecule has 0 amide bonds. The van der Waals surface area contributed by atoms with E-state index in [9.17, 15) is 15.2 Å². The van der Waals surface area contributed by atoms with Crippen molar-refractivity contribution in [3.05, 3.63) is 64.2 Å². The van der Waals surface area contributed by atoms with Crippen LogP contribution in [0.2, 0.25) is 0 Å². The van der Waals surface area contributed by atoms with Gasteiger partial charge in [0.05, 0.1) is 11.5 Å². The Kier molecular flexibility index (Phi) is 8.79. The van der Waals surface area contributed by atoms with E-state index >= 15 is 0 Å². The number of nitro benzene ring substituents is 1. The number of nitro groups is 1. The summed E-state index contributed by atoms with van der Waals surface area (Å²) in [6.45, 7) is 2.04. The monoisotopic (exact) mass is 472 g/mol. The lowest BCUT2D eigenvalue weighted by molar-refractivity contribution is -0.384. The Morgan fingerprint density at radius 3 is 2.65 bits per heavy atom. The highest BCUT2D eigenvalue weighted by Crippen LogP contribution is 2.17. The summed E-state index contributed by atoms with van der Waals surface area (Å²) in [6, 6.07) is 13.3. The number of aliphatic hydroxyl groups is 1. The van der Waals surface area contributed by atoms with Gasteiger partial charge in [0.15, 0.2) is 5.96 Å². The highest BCUT2D eigenvalue weighted by atomic mass is 127. The molecule has 0 saturated carbocycles. The van der Waals surface area contributed by atoms with Crippen LogP contribution in [0.5, 0.6) is 5.75 Å². The Hall–Kier alpha value is -2.40. The third kappa shape index (κ3) is 7.23. The van der Waals surface area contributed by atoms with E-state index in [-0.39, 0.29) is 48.8 Å². The molecule has 0 bridgehead atoms. The van der Waals surface area contributed by atoms with E-state index in [1.807, 2.05) is 31.2 Å². The van der Waals surface area contributed by atoms with E-state index in [4.69, 9.17) is 10.5 Å². The number of hydrogen-bond donors (Lipinski definition) is 3. The Morgan fingerprint density at radius 2 is 2.04 bits per heavy atom. The lowest BCUT2D eigenvalue weighted by Crippen LogP contribution is -2.27. The number of aliphatic hydroxyl groups excluding tert-OH is 1. The molecule has 8 nitrogen and oxygen atoms in total. The Bertz CT molecular complexity index is 753. The van der Waals surface area contributed by atoms with Crippen LogP contribution in [0.4, 0.5) is 11.4 Å². The van der Waals surface area contributed by atoms with E-state index < -0.39 is 11.0 Å². The number of aliphatic imine (C=N–C) groups is 1. The second kappa shape index (κ2) is 10.6. The lowest BCUT2D eigenvalue weighted by Gasteiger charge is -2.11. The van der Waals surface area contributed by atoms with Gasteiger partial charge in [0.2, 0.25) is 0 Å². The molecule has 2 aromatic rings. The summed E-state index contributed by atoms with van der Waals surface area (Å²) in [5.41, 5.74) is 7.67. The summed E-state index contributed by atoms with van der Waals surface area (Å²) in [4.78, 5) is 14.1. The molecule has 1 atom stereocenters. The molecule has 0 aliphatic carbocycles. The fourth-order valence-electron chi connectivity index (χ4n) is 2.02. The molecule has 2 aromatic carbocycles. The number of nitrogens with two attached hydrogens (primary N) is 1. The van der Waals surface area contributed by atoms with E-state index in [0.717, 1.165) is 11.3 Å². The van der Waals surface area contributed by atoms with Crippen molar-refractivity contribution >= 4 is 41.3 Å². The third-order valence-electron chi connectivity index (χ3n) is 3.25. The molecule has 0 aliphatic heterocycles. The number of rotatable bonds is 7. The fraction of sp³-hybridized carbons (Fsp3) is 0.235. The van der Waals surface area contributed by atoms with Crippen LogP contribution in [0.3, 0.4) is 0 Å². The summed E-state index contributed by atoms with van der Waals surface area (Å²) in [7, 11) is 0. The molecular formula is C17H21IN4O4. The zero-order valence-corrected chi connectivity index (χ0v) is 16.5. The third-order valence-corrected chi connectivity index (χ3v) is 3.25. The number of hydrogen-bond acceptors (Lipinski definition) is 5. The van der Waals surface area contributed by atoms with Crippen molar-refractivity contribution in [2.75, 3.05) is 18.5 Å². The van der Waals surface area contributed by atoms with Gasteiger partial charge in [0, 0.05) is 17.8 Å². The summed E-state index contributed by atoms with van der Waals surface area (Å²) in [5, 5.41) is 23.4.